The second-order valence-electron chi connectivity index (χ2n) is 8.56. The topological polar surface area (TPSA) is 87.8 Å². The molecule has 174 valence electrons. The number of para-hydroxylation sites is 1. The van der Waals surface area contributed by atoms with Crippen molar-refractivity contribution >= 4 is 35.1 Å². The summed E-state index contributed by atoms with van der Waals surface area (Å²) >= 11 is 6.33. The molecule has 0 aromatic heterocycles. The lowest BCUT2D eigenvalue weighted by Crippen LogP contribution is -2.38. The van der Waals surface area contributed by atoms with E-state index in [4.69, 9.17) is 17.3 Å². The standard InChI is InChI=1S/C27H27ClN4O2/c1-27(25(34)32(2)26(29)31-27)20-10-6-9-19(16-20)23-17-21(28)15-14-18(23)8-7-13-24(33)30-22-11-4-3-5-12-22/h3-6,9-12,14-17H,7-8,13H2,1-2H3,(H2,29,31)(H,30,33). The summed E-state index contributed by atoms with van der Waals surface area (Å²) in [6, 6.07) is 22.9. The van der Waals surface area contributed by atoms with Crippen molar-refractivity contribution in [1.29, 1.82) is 0 Å². The number of likely N-dealkylation sites (N-methyl/N-ethyl adjacent to an activating group) is 1. The molecular weight excluding hydrogens is 448 g/mol. The molecule has 7 heteroatoms. The first-order chi connectivity index (χ1) is 16.3. The van der Waals surface area contributed by atoms with Crippen LogP contribution in [0.1, 0.15) is 30.9 Å². The van der Waals surface area contributed by atoms with Gasteiger partial charge >= 0.3 is 0 Å². The average molecular weight is 475 g/mol. The Hall–Kier alpha value is -3.64. The molecule has 0 bridgehead atoms. The number of carbonyl (C=O) groups is 2. The zero-order chi connectivity index (χ0) is 24.3. The number of guanidine groups is 1. The molecule has 0 fully saturated rings. The van der Waals surface area contributed by atoms with Crippen molar-refractivity contribution in [2.75, 3.05) is 12.4 Å². The van der Waals surface area contributed by atoms with Gasteiger partial charge in [-0.25, -0.2) is 4.99 Å². The second kappa shape index (κ2) is 9.69. The molecule has 0 aliphatic carbocycles. The molecule has 2 amide bonds. The van der Waals surface area contributed by atoms with Gasteiger partial charge in [-0.15, -0.1) is 0 Å². The highest BCUT2D eigenvalue weighted by molar-refractivity contribution is 6.30. The van der Waals surface area contributed by atoms with Crippen LogP contribution in [0.5, 0.6) is 0 Å². The quantitative estimate of drug-likeness (QED) is 0.506. The van der Waals surface area contributed by atoms with E-state index in [1.54, 1.807) is 14.0 Å². The smallest absolute Gasteiger partial charge is 0.261 e. The minimum atomic E-state index is -1.07. The van der Waals surface area contributed by atoms with E-state index in [2.05, 4.69) is 10.3 Å². The van der Waals surface area contributed by atoms with Gasteiger partial charge in [0.15, 0.2) is 11.5 Å². The monoisotopic (exact) mass is 474 g/mol. The van der Waals surface area contributed by atoms with Crippen LogP contribution in [-0.2, 0) is 21.5 Å². The Bertz CT molecular complexity index is 1260. The second-order valence-corrected chi connectivity index (χ2v) is 8.99. The summed E-state index contributed by atoms with van der Waals surface area (Å²) in [5.74, 6) is 0.0176. The van der Waals surface area contributed by atoms with Crippen LogP contribution >= 0.6 is 11.6 Å². The number of nitrogens with zero attached hydrogens (tertiary/aromatic N) is 2. The fourth-order valence-corrected chi connectivity index (χ4v) is 4.35. The maximum absolute atomic E-state index is 12.8. The first kappa shape index (κ1) is 23.5. The average Bonchev–Trinajstić information content (AvgIpc) is 3.04. The number of nitrogens with one attached hydrogen (secondary N) is 1. The van der Waals surface area contributed by atoms with Crippen LogP contribution in [0.15, 0.2) is 77.8 Å². The highest BCUT2D eigenvalue weighted by Gasteiger charge is 2.43. The lowest BCUT2D eigenvalue weighted by atomic mass is 9.88. The van der Waals surface area contributed by atoms with Crippen LogP contribution in [0.2, 0.25) is 5.02 Å². The van der Waals surface area contributed by atoms with Crippen molar-refractivity contribution in [1.82, 2.24) is 4.90 Å². The van der Waals surface area contributed by atoms with Crippen LogP contribution in [0, 0.1) is 0 Å². The van der Waals surface area contributed by atoms with Crippen molar-refractivity contribution in [3.8, 4) is 11.1 Å². The van der Waals surface area contributed by atoms with Crippen molar-refractivity contribution in [3.05, 3.63) is 88.9 Å². The summed E-state index contributed by atoms with van der Waals surface area (Å²) < 4.78 is 0. The Labute approximate surface area is 204 Å². The van der Waals surface area contributed by atoms with Crippen LogP contribution in [0.3, 0.4) is 0 Å². The van der Waals surface area contributed by atoms with E-state index in [0.717, 1.165) is 27.9 Å². The Morgan fingerprint density at radius 3 is 2.56 bits per heavy atom. The largest absolute Gasteiger partial charge is 0.369 e. The molecule has 1 aliphatic heterocycles. The fourth-order valence-electron chi connectivity index (χ4n) is 4.18. The predicted octanol–water partition coefficient (Wildman–Crippen LogP) is 4.97. The molecule has 1 atom stereocenters. The van der Waals surface area contributed by atoms with Crippen molar-refractivity contribution in [2.24, 2.45) is 10.7 Å². The number of anilines is 1. The summed E-state index contributed by atoms with van der Waals surface area (Å²) in [6.07, 6.45) is 1.81. The molecule has 0 spiro atoms. The Morgan fingerprint density at radius 2 is 1.85 bits per heavy atom. The van der Waals surface area contributed by atoms with Gasteiger partial charge in [0.2, 0.25) is 5.91 Å². The number of aliphatic imine (C=N–C) groups is 1. The summed E-state index contributed by atoms with van der Waals surface area (Å²) in [6.45, 7) is 1.77. The minimum absolute atomic E-state index is 0.0176. The van der Waals surface area contributed by atoms with E-state index in [1.165, 1.54) is 4.90 Å². The number of nitrogens with two attached hydrogens (primary N) is 1. The predicted molar refractivity (Wildman–Crippen MR) is 137 cm³/mol. The van der Waals surface area contributed by atoms with Gasteiger partial charge in [-0.1, -0.05) is 54.1 Å². The number of hydrogen-bond acceptors (Lipinski definition) is 4. The van der Waals surface area contributed by atoms with Gasteiger partial charge in [-0.2, -0.15) is 0 Å². The zero-order valence-corrected chi connectivity index (χ0v) is 20.0. The molecule has 6 nitrogen and oxygen atoms in total. The number of rotatable bonds is 7. The van der Waals surface area contributed by atoms with Gasteiger partial charge in [-0.3, -0.25) is 14.5 Å². The molecule has 3 N–H and O–H groups in total. The highest BCUT2D eigenvalue weighted by Crippen LogP contribution is 2.36. The number of hydrogen-bond donors (Lipinski definition) is 2. The number of amides is 2. The maximum atomic E-state index is 12.8. The van der Waals surface area contributed by atoms with Crippen LogP contribution < -0.4 is 11.1 Å². The van der Waals surface area contributed by atoms with Gasteiger partial charge in [0.25, 0.3) is 5.91 Å². The SMILES string of the molecule is CN1C(=O)C(C)(c2cccc(-c3cc(Cl)ccc3CCCC(=O)Nc3ccccc3)c2)N=C1N. The Morgan fingerprint density at radius 1 is 1.09 bits per heavy atom. The molecule has 34 heavy (non-hydrogen) atoms. The van der Waals surface area contributed by atoms with Crippen molar-refractivity contribution in [2.45, 2.75) is 31.7 Å². The first-order valence-electron chi connectivity index (χ1n) is 11.2. The summed E-state index contributed by atoms with van der Waals surface area (Å²) in [4.78, 5) is 31.0. The van der Waals surface area contributed by atoms with Crippen LogP contribution in [-0.4, -0.2) is 29.7 Å². The molecule has 0 radical (unpaired) electrons. The normalized spacial score (nSPS) is 17.6. The van der Waals surface area contributed by atoms with E-state index in [1.807, 2.05) is 72.8 Å². The number of halogens is 1. The maximum Gasteiger partial charge on any atom is 0.261 e. The number of carbonyl (C=O) groups excluding carboxylic acids is 2. The van der Waals surface area contributed by atoms with E-state index in [9.17, 15) is 9.59 Å². The Kier molecular flexibility index (Phi) is 6.70. The van der Waals surface area contributed by atoms with E-state index < -0.39 is 5.54 Å². The molecule has 0 saturated heterocycles. The van der Waals surface area contributed by atoms with E-state index in [0.29, 0.717) is 24.3 Å². The third-order valence-corrected chi connectivity index (χ3v) is 6.35. The van der Waals surface area contributed by atoms with Gasteiger partial charge < -0.3 is 11.1 Å². The molecular formula is C27H27ClN4O2. The van der Waals surface area contributed by atoms with Gasteiger partial charge in [0.1, 0.15) is 0 Å². The van der Waals surface area contributed by atoms with Crippen LogP contribution in [0.4, 0.5) is 5.69 Å². The lowest BCUT2D eigenvalue weighted by Gasteiger charge is -2.21. The van der Waals surface area contributed by atoms with Crippen molar-refractivity contribution in [3.63, 3.8) is 0 Å². The lowest BCUT2D eigenvalue weighted by molar-refractivity contribution is -0.130. The molecule has 3 aromatic rings. The number of aryl methyl sites for hydroxylation is 1. The fraction of sp³-hybridized carbons (Fsp3) is 0.222. The summed E-state index contributed by atoms with van der Waals surface area (Å²) in [7, 11) is 1.62. The molecule has 0 saturated carbocycles. The van der Waals surface area contributed by atoms with Gasteiger partial charge in [0, 0.05) is 24.2 Å². The zero-order valence-electron chi connectivity index (χ0n) is 19.2. The van der Waals surface area contributed by atoms with E-state index >= 15 is 0 Å². The van der Waals surface area contributed by atoms with E-state index in [-0.39, 0.29) is 17.8 Å². The third-order valence-electron chi connectivity index (χ3n) is 6.12. The summed E-state index contributed by atoms with van der Waals surface area (Å²) in [5.41, 5.74) is 9.37. The number of benzene rings is 3. The first-order valence-corrected chi connectivity index (χ1v) is 11.5. The Balaban J connectivity index is 1.53. The van der Waals surface area contributed by atoms with Crippen LogP contribution in [0.25, 0.3) is 11.1 Å². The molecule has 1 heterocycles. The summed E-state index contributed by atoms with van der Waals surface area (Å²) in [5, 5.41) is 3.54. The highest BCUT2D eigenvalue weighted by atomic mass is 35.5. The van der Waals surface area contributed by atoms with Gasteiger partial charge in [0.05, 0.1) is 0 Å². The van der Waals surface area contributed by atoms with Crippen molar-refractivity contribution < 1.29 is 9.59 Å². The molecule has 3 aromatic carbocycles. The molecule has 4 rings (SSSR count). The van der Waals surface area contributed by atoms with Gasteiger partial charge in [-0.05, 0) is 72.4 Å². The minimum Gasteiger partial charge on any atom is -0.369 e. The molecule has 1 unspecified atom stereocenters. The molecule has 1 aliphatic rings. The third kappa shape index (κ3) is 4.82.